The highest BCUT2D eigenvalue weighted by Crippen LogP contribution is 2.30. The van der Waals surface area contributed by atoms with Crippen LogP contribution in [-0.2, 0) is 0 Å². The van der Waals surface area contributed by atoms with Crippen LogP contribution in [0, 0.1) is 11.8 Å². The number of aliphatic hydroxyl groups is 1. The summed E-state index contributed by atoms with van der Waals surface area (Å²) in [4.78, 5) is 2.61. The van der Waals surface area contributed by atoms with Gasteiger partial charge in [-0.05, 0) is 37.8 Å². The van der Waals surface area contributed by atoms with Crippen LogP contribution in [0.4, 0.5) is 0 Å². The maximum atomic E-state index is 9.65. The summed E-state index contributed by atoms with van der Waals surface area (Å²) in [5.74, 6) is 1.35. The van der Waals surface area contributed by atoms with Crippen molar-refractivity contribution in [3.63, 3.8) is 0 Å². The molecule has 1 saturated carbocycles. The van der Waals surface area contributed by atoms with E-state index in [0.717, 1.165) is 12.5 Å². The molecule has 0 bridgehead atoms. The summed E-state index contributed by atoms with van der Waals surface area (Å²) in [6, 6.07) is 0. The quantitative estimate of drug-likeness (QED) is 0.815. The first kappa shape index (κ1) is 13.4. The van der Waals surface area contributed by atoms with Crippen molar-refractivity contribution in [2.45, 2.75) is 57.8 Å². The van der Waals surface area contributed by atoms with E-state index < -0.39 is 0 Å². The van der Waals surface area contributed by atoms with Crippen LogP contribution in [0.3, 0.4) is 0 Å². The Bertz CT molecular complexity index is 193. The molecule has 0 radical (unpaired) electrons. The van der Waals surface area contributed by atoms with Crippen molar-refractivity contribution >= 4 is 0 Å². The lowest BCUT2D eigenvalue weighted by molar-refractivity contribution is 0.104. The summed E-state index contributed by atoms with van der Waals surface area (Å²) in [6.45, 7) is 4.09. The van der Waals surface area contributed by atoms with E-state index in [2.05, 4.69) is 4.90 Å². The molecule has 0 spiro atoms. The van der Waals surface area contributed by atoms with Crippen molar-refractivity contribution in [3.8, 4) is 0 Å². The van der Waals surface area contributed by atoms with E-state index in [9.17, 15) is 5.11 Å². The van der Waals surface area contributed by atoms with Crippen LogP contribution >= 0.6 is 0 Å². The van der Waals surface area contributed by atoms with Gasteiger partial charge < -0.3 is 10.0 Å². The van der Waals surface area contributed by atoms with Crippen LogP contribution in [0.15, 0.2) is 0 Å². The van der Waals surface area contributed by atoms with Crippen molar-refractivity contribution < 1.29 is 5.11 Å². The van der Waals surface area contributed by atoms with Gasteiger partial charge in [0.05, 0.1) is 0 Å². The molecule has 0 aromatic heterocycles. The summed E-state index contributed by atoms with van der Waals surface area (Å²) in [5.41, 5.74) is 0. The highest BCUT2D eigenvalue weighted by atomic mass is 16.3. The van der Waals surface area contributed by atoms with Crippen molar-refractivity contribution in [2.75, 3.05) is 26.2 Å². The molecule has 1 saturated heterocycles. The molecule has 1 unspecified atom stereocenters. The summed E-state index contributed by atoms with van der Waals surface area (Å²) in [7, 11) is 0. The van der Waals surface area contributed by atoms with Gasteiger partial charge in [0.25, 0.3) is 0 Å². The second-order valence-electron chi connectivity index (χ2n) is 6.06. The number of nitrogens with zero attached hydrogens (tertiary/aromatic N) is 1. The van der Waals surface area contributed by atoms with Gasteiger partial charge in [-0.25, -0.2) is 0 Å². The average Bonchev–Trinajstić information content (AvgIpc) is 2.65. The molecule has 100 valence electrons. The zero-order chi connectivity index (χ0) is 11.9. The minimum atomic E-state index is 0.404. The first-order valence-electron chi connectivity index (χ1n) is 7.73. The van der Waals surface area contributed by atoms with E-state index in [-0.39, 0.29) is 0 Å². The topological polar surface area (TPSA) is 23.5 Å². The molecular weight excluding hydrogens is 210 g/mol. The lowest BCUT2D eigenvalue weighted by Gasteiger charge is -2.33. The van der Waals surface area contributed by atoms with E-state index in [1.165, 1.54) is 70.9 Å². The zero-order valence-corrected chi connectivity index (χ0v) is 11.2. The maximum Gasteiger partial charge on any atom is 0.0474 e. The third-order valence-corrected chi connectivity index (χ3v) is 4.74. The molecule has 2 heteroatoms. The third kappa shape index (κ3) is 4.26. The zero-order valence-electron chi connectivity index (χ0n) is 11.2. The average molecular weight is 239 g/mol. The molecule has 2 nitrogen and oxygen atoms in total. The maximum absolute atomic E-state index is 9.65. The fourth-order valence-electron chi connectivity index (χ4n) is 3.61. The van der Waals surface area contributed by atoms with Gasteiger partial charge in [0.1, 0.15) is 0 Å². The van der Waals surface area contributed by atoms with Gasteiger partial charge in [-0.2, -0.15) is 0 Å². The summed E-state index contributed by atoms with van der Waals surface area (Å²) in [6.07, 6.45) is 12.5. The number of hydrogen-bond donors (Lipinski definition) is 1. The molecule has 1 N–H and O–H groups in total. The van der Waals surface area contributed by atoms with E-state index in [1.807, 2.05) is 0 Å². The Morgan fingerprint density at radius 1 is 0.882 bits per heavy atom. The Morgan fingerprint density at radius 2 is 1.47 bits per heavy atom. The lowest BCUT2D eigenvalue weighted by atomic mass is 9.80. The highest BCUT2D eigenvalue weighted by Gasteiger charge is 2.25. The van der Waals surface area contributed by atoms with Crippen LogP contribution in [0.5, 0.6) is 0 Å². The minimum absolute atomic E-state index is 0.404. The van der Waals surface area contributed by atoms with Crippen LogP contribution in [0.2, 0.25) is 0 Å². The molecule has 17 heavy (non-hydrogen) atoms. The number of aliphatic hydroxyl groups excluding tert-OH is 1. The molecule has 0 aromatic carbocycles. The van der Waals surface area contributed by atoms with Crippen LogP contribution < -0.4 is 0 Å². The predicted octanol–water partition coefficient (Wildman–Crippen LogP) is 3.05. The number of hydrogen-bond acceptors (Lipinski definition) is 2. The summed E-state index contributed by atoms with van der Waals surface area (Å²) in [5, 5.41) is 9.65. The van der Waals surface area contributed by atoms with Crippen molar-refractivity contribution in [1.82, 2.24) is 4.90 Å². The Kier molecular flexibility index (Phi) is 5.79. The van der Waals surface area contributed by atoms with Crippen molar-refractivity contribution in [1.29, 1.82) is 0 Å². The van der Waals surface area contributed by atoms with Gasteiger partial charge in [0, 0.05) is 13.2 Å². The SMILES string of the molecule is OCC(CN1CCCCCC1)C1CCCCC1. The summed E-state index contributed by atoms with van der Waals surface area (Å²) >= 11 is 0. The van der Waals surface area contributed by atoms with Crippen molar-refractivity contribution in [3.05, 3.63) is 0 Å². The van der Waals surface area contributed by atoms with Gasteiger partial charge in [-0.3, -0.25) is 0 Å². The van der Waals surface area contributed by atoms with Crippen LogP contribution in [0.1, 0.15) is 57.8 Å². The van der Waals surface area contributed by atoms with Gasteiger partial charge >= 0.3 is 0 Å². The van der Waals surface area contributed by atoms with Gasteiger partial charge in [-0.1, -0.05) is 44.9 Å². The fraction of sp³-hybridized carbons (Fsp3) is 1.00. The standard InChI is InChI=1S/C15H29NO/c17-13-15(14-8-4-3-5-9-14)12-16-10-6-1-2-7-11-16/h14-15,17H,1-13H2. The smallest absolute Gasteiger partial charge is 0.0474 e. The number of rotatable bonds is 4. The third-order valence-electron chi connectivity index (χ3n) is 4.74. The lowest BCUT2D eigenvalue weighted by Crippen LogP contribution is -2.36. The highest BCUT2D eigenvalue weighted by molar-refractivity contribution is 4.77. The molecule has 1 aliphatic heterocycles. The molecular formula is C15H29NO. The van der Waals surface area contributed by atoms with E-state index in [4.69, 9.17) is 0 Å². The second kappa shape index (κ2) is 7.38. The van der Waals surface area contributed by atoms with Gasteiger partial charge in [0.2, 0.25) is 0 Å². The largest absolute Gasteiger partial charge is 0.396 e. The Hall–Kier alpha value is -0.0800. The van der Waals surface area contributed by atoms with Crippen LogP contribution in [0.25, 0.3) is 0 Å². The first-order chi connectivity index (χ1) is 8.40. The van der Waals surface area contributed by atoms with E-state index >= 15 is 0 Å². The molecule has 2 aliphatic rings. The fourth-order valence-corrected chi connectivity index (χ4v) is 3.61. The van der Waals surface area contributed by atoms with Gasteiger partial charge in [0.15, 0.2) is 0 Å². The van der Waals surface area contributed by atoms with Crippen LogP contribution in [-0.4, -0.2) is 36.2 Å². The Balaban J connectivity index is 1.80. The van der Waals surface area contributed by atoms with Crippen molar-refractivity contribution in [2.24, 2.45) is 11.8 Å². The van der Waals surface area contributed by atoms with Gasteiger partial charge in [-0.15, -0.1) is 0 Å². The Morgan fingerprint density at radius 3 is 2.06 bits per heavy atom. The van der Waals surface area contributed by atoms with E-state index in [1.54, 1.807) is 0 Å². The normalized spacial score (nSPS) is 26.6. The molecule has 1 heterocycles. The molecule has 0 amide bonds. The van der Waals surface area contributed by atoms with E-state index in [0.29, 0.717) is 12.5 Å². The second-order valence-corrected chi connectivity index (χ2v) is 6.06. The minimum Gasteiger partial charge on any atom is -0.396 e. The summed E-state index contributed by atoms with van der Waals surface area (Å²) < 4.78 is 0. The molecule has 1 atom stereocenters. The molecule has 1 aliphatic carbocycles. The Labute approximate surface area is 106 Å². The first-order valence-corrected chi connectivity index (χ1v) is 7.73. The molecule has 0 aromatic rings. The molecule has 2 rings (SSSR count). The predicted molar refractivity (Wildman–Crippen MR) is 72.1 cm³/mol. The monoisotopic (exact) mass is 239 g/mol. The number of likely N-dealkylation sites (tertiary alicyclic amines) is 1. The molecule has 2 fully saturated rings.